The summed E-state index contributed by atoms with van der Waals surface area (Å²) in [6.45, 7) is 0.960. The molecule has 0 bridgehead atoms. The fourth-order valence-corrected chi connectivity index (χ4v) is 3.98. The number of pyridine rings is 1. The molecule has 0 saturated carbocycles. The van der Waals surface area contributed by atoms with E-state index in [-0.39, 0.29) is 11.3 Å². The van der Waals surface area contributed by atoms with Crippen LogP contribution in [0.15, 0.2) is 60.6 Å². The molecule has 1 unspecified atom stereocenters. The van der Waals surface area contributed by atoms with E-state index in [1.165, 1.54) is 4.90 Å². The first kappa shape index (κ1) is 19.8. The van der Waals surface area contributed by atoms with Gasteiger partial charge in [0.2, 0.25) is 0 Å². The maximum Gasteiger partial charge on any atom is 0.295 e. The van der Waals surface area contributed by atoms with E-state index in [0.717, 1.165) is 10.9 Å². The molecule has 1 amide bonds. The number of likely N-dealkylation sites (N-methyl/N-ethyl adjacent to an activating group) is 1. The molecule has 3 aromatic rings. The third kappa shape index (κ3) is 3.27. The summed E-state index contributed by atoms with van der Waals surface area (Å²) < 4.78 is 1.89. The summed E-state index contributed by atoms with van der Waals surface area (Å²) in [6.07, 6.45) is 5.06. The number of aliphatic hydroxyl groups is 1. The molecule has 7 heteroatoms. The number of hydrogen-bond acceptors (Lipinski definition) is 5. The number of fused-ring (bicyclic) bond motifs is 1. The zero-order chi connectivity index (χ0) is 21.4. The highest BCUT2D eigenvalue weighted by Gasteiger charge is 2.46. The van der Waals surface area contributed by atoms with Crippen molar-refractivity contribution in [2.45, 2.75) is 6.04 Å². The van der Waals surface area contributed by atoms with Gasteiger partial charge in [-0.15, -0.1) is 0 Å². The number of Topliss-reactive ketones (excluding diaryl/α,β-unsaturated/α-hetero) is 1. The Hall–Kier alpha value is -3.45. The van der Waals surface area contributed by atoms with Crippen LogP contribution in [0, 0.1) is 0 Å². The molecule has 1 aliphatic rings. The number of ketones is 1. The van der Waals surface area contributed by atoms with Crippen LogP contribution in [0.4, 0.5) is 0 Å². The lowest BCUT2D eigenvalue weighted by Crippen LogP contribution is -2.35. The molecule has 1 fully saturated rings. The predicted octanol–water partition coefficient (Wildman–Crippen LogP) is 2.56. The van der Waals surface area contributed by atoms with Gasteiger partial charge in [-0.25, -0.2) is 0 Å². The zero-order valence-corrected chi connectivity index (χ0v) is 17.2. The van der Waals surface area contributed by atoms with E-state index in [1.807, 2.05) is 60.9 Å². The summed E-state index contributed by atoms with van der Waals surface area (Å²) >= 11 is 0. The van der Waals surface area contributed by atoms with E-state index < -0.39 is 17.7 Å². The first-order chi connectivity index (χ1) is 14.4. The maximum atomic E-state index is 13.1. The van der Waals surface area contributed by atoms with Gasteiger partial charge in [-0.3, -0.25) is 14.6 Å². The van der Waals surface area contributed by atoms with Crippen molar-refractivity contribution in [1.82, 2.24) is 19.4 Å². The molecular weight excluding hydrogens is 380 g/mol. The van der Waals surface area contributed by atoms with Crippen LogP contribution in [0.1, 0.15) is 17.2 Å². The first-order valence-corrected chi connectivity index (χ1v) is 9.77. The number of nitrogens with zero attached hydrogens (tertiary/aromatic N) is 4. The van der Waals surface area contributed by atoms with Gasteiger partial charge in [-0.1, -0.05) is 24.3 Å². The van der Waals surface area contributed by atoms with Gasteiger partial charge in [0.1, 0.15) is 5.76 Å². The van der Waals surface area contributed by atoms with Crippen molar-refractivity contribution in [3.05, 3.63) is 71.7 Å². The normalized spacial score (nSPS) is 18.7. The van der Waals surface area contributed by atoms with Crippen LogP contribution in [0.25, 0.3) is 16.7 Å². The lowest BCUT2D eigenvalue weighted by atomic mass is 9.96. The highest BCUT2D eigenvalue weighted by atomic mass is 16.3. The standard InChI is InChI=1S/C23H24N4O3/c1-25(2)11-12-27-20(15-7-6-10-24-13-15)19(22(29)23(27)30)21(28)17-14-26(3)18-9-5-4-8-16(17)18/h4-10,13-14,20,28H,11-12H2,1-3H3. The number of hydrogen-bond donors (Lipinski definition) is 1. The topological polar surface area (TPSA) is 78.7 Å². The number of aryl methyl sites for hydroxylation is 1. The number of likely N-dealkylation sites (tertiary alicyclic amines) is 1. The number of carbonyl (C=O) groups is 2. The Labute approximate surface area is 174 Å². The van der Waals surface area contributed by atoms with E-state index in [9.17, 15) is 14.7 Å². The Morgan fingerprint density at radius 2 is 1.93 bits per heavy atom. The van der Waals surface area contributed by atoms with Crippen molar-refractivity contribution >= 4 is 28.4 Å². The molecule has 7 nitrogen and oxygen atoms in total. The lowest BCUT2D eigenvalue weighted by Gasteiger charge is -2.26. The number of aromatic nitrogens is 2. The third-order valence-electron chi connectivity index (χ3n) is 5.48. The van der Waals surface area contributed by atoms with Gasteiger partial charge in [0.05, 0.1) is 11.6 Å². The van der Waals surface area contributed by atoms with E-state index in [2.05, 4.69) is 4.98 Å². The highest BCUT2D eigenvalue weighted by molar-refractivity contribution is 6.46. The number of carbonyl (C=O) groups excluding carboxylic acids is 2. The van der Waals surface area contributed by atoms with Crippen LogP contribution in [0.2, 0.25) is 0 Å². The van der Waals surface area contributed by atoms with Crippen LogP contribution < -0.4 is 0 Å². The Balaban J connectivity index is 1.91. The fraction of sp³-hybridized carbons (Fsp3) is 0.261. The number of benzene rings is 1. The van der Waals surface area contributed by atoms with Gasteiger partial charge in [0, 0.05) is 55.2 Å². The average Bonchev–Trinajstić information content (AvgIpc) is 3.21. The maximum absolute atomic E-state index is 13.1. The van der Waals surface area contributed by atoms with Crippen LogP contribution in [0.3, 0.4) is 0 Å². The van der Waals surface area contributed by atoms with Crippen molar-refractivity contribution in [3.8, 4) is 0 Å². The van der Waals surface area contributed by atoms with Crippen LogP contribution >= 0.6 is 0 Å². The second-order valence-electron chi connectivity index (χ2n) is 7.75. The van der Waals surface area contributed by atoms with E-state index in [0.29, 0.717) is 24.2 Å². The molecule has 154 valence electrons. The summed E-state index contributed by atoms with van der Waals surface area (Å²) in [7, 11) is 5.70. The average molecular weight is 404 g/mol. The molecule has 1 aliphatic heterocycles. The predicted molar refractivity (Wildman–Crippen MR) is 115 cm³/mol. The summed E-state index contributed by atoms with van der Waals surface area (Å²) in [5.41, 5.74) is 2.26. The van der Waals surface area contributed by atoms with Crippen LogP contribution in [-0.4, -0.2) is 63.3 Å². The zero-order valence-electron chi connectivity index (χ0n) is 17.2. The summed E-state index contributed by atoms with van der Waals surface area (Å²) in [5, 5.41) is 12.1. The minimum Gasteiger partial charge on any atom is -0.507 e. The number of amides is 1. The highest BCUT2D eigenvalue weighted by Crippen LogP contribution is 2.40. The quantitative estimate of drug-likeness (QED) is 0.402. The monoisotopic (exact) mass is 404 g/mol. The first-order valence-electron chi connectivity index (χ1n) is 9.77. The van der Waals surface area contributed by atoms with Gasteiger partial charge in [-0.05, 0) is 31.8 Å². The molecule has 0 spiro atoms. The van der Waals surface area contributed by atoms with Gasteiger partial charge in [0.15, 0.2) is 0 Å². The molecule has 0 aliphatic carbocycles. The lowest BCUT2D eigenvalue weighted by molar-refractivity contribution is -0.140. The fourth-order valence-electron chi connectivity index (χ4n) is 3.98. The minimum atomic E-state index is -0.683. The molecule has 3 heterocycles. The summed E-state index contributed by atoms with van der Waals surface area (Å²) in [4.78, 5) is 33.6. The molecule has 0 radical (unpaired) electrons. The van der Waals surface area contributed by atoms with E-state index >= 15 is 0 Å². The molecule has 4 rings (SSSR count). The van der Waals surface area contributed by atoms with Gasteiger partial charge < -0.3 is 19.5 Å². The second-order valence-corrected chi connectivity index (χ2v) is 7.75. The Morgan fingerprint density at radius 3 is 2.63 bits per heavy atom. The Kier molecular flexibility index (Phi) is 5.13. The smallest absolute Gasteiger partial charge is 0.295 e. The van der Waals surface area contributed by atoms with Gasteiger partial charge in [0.25, 0.3) is 11.7 Å². The van der Waals surface area contributed by atoms with Crippen molar-refractivity contribution in [1.29, 1.82) is 0 Å². The number of aliphatic hydroxyl groups excluding tert-OH is 1. The minimum absolute atomic E-state index is 0.100. The Bertz CT molecular complexity index is 1150. The molecule has 1 aromatic carbocycles. The van der Waals surface area contributed by atoms with Crippen molar-refractivity contribution < 1.29 is 14.7 Å². The van der Waals surface area contributed by atoms with E-state index in [1.54, 1.807) is 24.7 Å². The van der Waals surface area contributed by atoms with Crippen molar-refractivity contribution in [3.63, 3.8) is 0 Å². The molecule has 2 aromatic heterocycles. The molecule has 1 N–H and O–H groups in total. The van der Waals surface area contributed by atoms with Crippen LogP contribution in [0.5, 0.6) is 0 Å². The van der Waals surface area contributed by atoms with E-state index in [4.69, 9.17) is 0 Å². The van der Waals surface area contributed by atoms with Crippen LogP contribution in [-0.2, 0) is 16.6 Å². The number of rotatable bonds is 5. The Morgan fingerprint density at radius 1 is 1.17 bits per heavy atom. The van der Waals surface area contributed by atoms with Gasteiger partial charge in [-0.2, -0.15) is 0 Å². The summed E-state index contributed by atoms with van der Waals surface area (Å²) in [5.74, 6) is -1.44. The molecule has 1 saturated heterocycles. The second kappa shape index (κ2) is 7.76. The van der Waals surface area contributed by atoms with Crippen molar-refractivity contribution in [2.24, 2.45) is 7.05 Å². The molecule has 1 atom stereocenters. The summed E-state index contributed by atoms with van der Waals surface area (Å²) in [6, 6.07) is 10.5. The number of para-hydroxylation sites is 1. The molecular formula is C23H24N4O3. The largest absolute Gasteiger partial charge is 0.507 e. The van der Waals surface area contributed by atoms with Crippen molar-refractivity contribution in [2.75, 3.05) is 27.2 Å². The SMILES string of the molecule is CN(C)CCN1C(=O)C(=O)C(=C(O)c2cn(C)c3ccccc23)C1c1cccnc1. The molecule has 30 heavy (non-hydrogen) atoms. The third-order valence-corrected chi connectivity index (χ3v) is 5.48. The van der Waals surface area contributed by atoms with Gasteiger partial charge >= 0.3 is 0 Å².